The average Bonchev–Trinajstić information content (AvgIpc) is 3.34. The van der Waals surface area contributed by atoms with Crippen molar-refractivity contribution in [1.82, 2.24) is 4.90 Å². The van der Waals surface area contributed by atoms with Gasteiger partial charge in [-0.25, -0.2) is 0 Å². The van der Waals surface area contributed by atoms with Gasteiger partial charge in [0, 0.05) is 6.54 Å². The summed E-state index contributed by atoms with van der Waals surface area (Å²) in [5.41, 5.74) is 1.26. The molecule has 0 aromatic heterocycles. The molecule has 3 aliphatic rings. The number of nitrogens with zero attached hydrogens (tertiary/aromatic N) is 1. The van der Waals surface area contributed by atoms with E-state index in [9.17, 15) is 14.7 Å². The zero-order valence-corrected chi connectivity index (χ0v) is 15.3. The summed E-state index contributed by atoms with van der Waals surface area (Å²) in [5, 5.41) is 9.76. The normalized spacial score (nSPS) is 32.7. The zero-order chi connectivity index (χ0) is 19.3. The molecule has 5 heteroatoms. The van der Waals surface area contributed by atoms with Crippen LogP contribution in [0.25, 0.3) is 0 Å². The summed E-state index contributed by atoms with van der Waals surface area (Å²) in [6.07, 6.45) is 3.87. The number of fused-ring (bicyclic) bond motifs is 1. The molecule has 1 N–H and O–H groups in total. The van der Waals surface area contributed by atoms with Crippen LogP contribution in [0.1, 0.15) is 11.1 Å². The minimum atomic E-state index is -0.963. The molecule has 1 spiro atoms. The van der Waals surface area contributed by atoms with Crippen LogP contribution in [-0.4, -0.2) is 39.6 Å². The average molecular weight is 375 g/mol. The third-order valence-corrected chi connectivity index (χ3v) is 6.28. The van der Waals surface area contributed by atoms with Gasteiger partial charge in [-0.15, -0.1) is 0 Å². The number of rotatable bonds is 5. The van der Waals surface area contributed by atoms with E-state index in [0.717, 1.165) is 11.1 Å². The van der Waals surface area contributed by atoms with E-state index < -0.39 is 29.5 Å². The van der Waals surface area contributed by atoms with Crippen molar-refractivity contribution in [3.63, 3.8) is 0 Å². The highest BCUT2D eigenvalue weighted by molar-refractivity contribution is 5.91. The van der Waals surface area contributed by atoms with E-state index in [0.29, 0.717) is 13.0 Å². The topological polar surface area (TPSA) is 66.8 Å². The number of aliphatic carboxylic acids is 1. The molecule has 1 amide bonds. The number of hydrogen-bond acceptors (Lipinski definition) is 3. The number of hydrogen-bond donors (Lipinski definition) is 1. The van der Waals surface area contributed by atoms with Crippen LogP contribution in [0.5, 0.6) is 0 Å². The summed E-state index contributed by atoms with van der Waals surface area (Å²) in [7, 11) is 0. The van der Waals surface area contributed by atoms with E-state index in [4.69, 9.17) is 4.74 Å². The van der Waals surface area contributed by atoms with E-state index in [2.05, 4.69) is 0 Å². The van der Waals surface area contributed by atoms with Crippen LogP contribution in [0.15, 0.2) is 72.8 Å². The molecule has 3 heterocycles. The molecule has 0 saturated carbocycles. The fraction of sp³-hybridized carbons (Fsp3) is 0.304. The number of carbonyl (C=O) groups is 2. The van der Waals surface area contributed by atoms with Crippen molar-refractivity contribution in [2.24, 2.45) is 11.8 Å². The molecular formula is C23H21NO4. The number of benzene rings is 2. The molecular weight excluding hydrogens is 354 g/mol. The SMILES string of the molecule is O=C(O)[C@@H]1[C@@H]2C=C[C@]3(O2)[C@H]1C(=O)N(Cc1ccccc1)[C@@H]3Cc1ccccc1. The van der Waals surface area contributed by atoms with E-state index in [1.54, 1.807) is 0 Å². The molecule has 5 nitrogen and oxygen atoms in total. The Labute approximate surface area is 163 Å². The third kappa shape index (κ3) is 2.43. The van der Waals surface area contributed by atoms with Crippen molar-refractivity contribution >= 4 is 11.9 Å². The zero-order valence-electron chi connectivity index (χ0n) is 15.3. The largest absolute Gasteiger partial charge is 0.481 e. The lowest BCUT2D eigenvalue weighted by Gasteiger charge is -2.33. The highest BCUT2D eigenvalue weighted by atomic mass is 16.5. The van der Waals surface area contributed by atoms with Crippen LogP contribution < -0.4 is 0 Å². The molecule has 2 aromatic carbocycles. The smallest absolute Gasteiger partial charge is 0.310 e. The summed E-state index contributed by atoms with van der Waals surface area (Å²) in [6.45, 7) is 0.448. The first-order valence-electron chi connectivity index (χ1n) is 9.58. The van der Waals surface area contributed by atoms with Crippen LogP contribution in [0.3, 0.4) is 0 Å². The van der Waals surface area contributed by atoms with Gasteiger partial charge in [-0.05, 0) is 17.5 Å². The molecule has 142 valence electrons. The number of likely N-dealkylation sites (tertiary alicyclic amines) is 1. The Morgan fingerprint density at radius 3 is 2.32 bits per heavy atom. The number of carbonyl (C=O) groups excluding carboxylic acids is 1. The predicted octanol–water partition coefficient (Wildman–Crippen LogP) is 2.66. The van der Waals surface area contributed by atoms with Gasteiger partial charge in [0.05, 0.1) is 18.1 Å². The minimum absolute atomic E-state index is 0.121. The second-order valence-electron chi connectivity index (χ2n) is 7.79. The monoisotopic (exact) mass is 375 g/mol. The van der Waals surface area contributed by atoms with Crippen molar-refractivity contribution in [3.8, 4) is 0 Å². The highest BCUT2D eigenvalue weighted by Crippen LogP contribution is 2.55. The Balaban J connectivity index is 1.56. The number of carboxylic acids is 1. The van der Waals surface area contributed by atoms with Crippen LogP contribution in [-0.2, 0) is 27.3 Å². The fourth-order valence-electron chi connectivity index (χ4n) is 5.08. The molecule has 0 radical (unpaired) electrons. The lowest BCUT2D eigenvalue weighted by molar-refractivity contribution is -0.148. The number of carboxylic acid groups (broad SMARTS) is 1. The third-order valence-electron chi connectivity index (χ3n) is 6.28. The van der Waals surface area contributed by atoms with Gasteiger partial charge in [0.1, 0.15) is 11.5 Å². The number of amides is 1. The van der Waals surface area contributed by atoms with Crippen molar-refractivity contribution in [1.29, 1.82) is 0 Å². The van der Waals surface area contributed by atoms with Gasteiger partial charge in [0.2, 0.25) is 5.91 Å². The molecule has 0 aliphatic carbocycles. The van der Waals surface area contributed by atoms with Gasteiger partial charge < -0.3 is 14.7 Å². The second kappa shape index (κ2) is 6.31. The van der Waals surface area contributed by atoms with Gasteiger partial charge >= 0.3 is 5.97 Å². The fourth-order valence-corrected chi connectivity index (χ4v) is 5.08. The molecule has 5 rings (SSSR count). The molecule has 2 aromatic rings. The number of ether oxygens (including phenoxy) is 1. The Bertz CT molecular complexity index is 942. The summed E-state index contributed by atoms with van der Waals surface area (Å²) in [6, 6.07) is 19.6. The Morgan fingerprint density at radius 1 is 1.04 bits per heavy atom. The van der Waals surface area contributed by atoms with Crippen LogP contribution >= 0.6 is 0 Å². The maximum Gasteiger partial charge on any atom is 0.310 e. The van der Waals surface area contributed by atoms with Crippen molar-refractivity contribution < 1.29 is 19.4 Å². The van der Waals surface area contributed by atoms with Crippen molar-refractivity contribution in [2.75, 3.05) is 0 Å². The molecule has 3 aliphatic heterocycles. The standard InChI is InChI=1S/C23H21NO4/c25-21-20-19(22(26)27)17-11-12-23(20,28-17)18(13-15-7-3-1-4-8-15)24(21)14-16-9-5-2-6-10-16/h1-12,17-20H,13-14H2,(H,26,27)/t17-,18+,19+,20+,23+/m0/s1. The van der Waals surface area contributed by atoms with Gasteiger partial charge in [-0.2, -0.15) is 0 Å². The van der Waals surface area contributed by atoms with Gasteiger partial charge in [-0.3, -0.25) is 9.59 Å². The maximum absolute atomic E-state index is 13.4. The van der Waals surface area contributed by atoms with Gasteiger partial charge in [0.25, 0.3) is 0 Å². The van der Waals surface area contributed by atoms with Gasteiger partial charge in [-0.1, -0.05) is 72.8 Å². The Kier molecular flexibility index (Phi) is 3.88. The van der Waals surface area contributed by atoms with Gasteiger partial charge in [0.15, 0.2) is 0 Å². The molecule has 2 bridgehead atoms. The first-order chi connectivity index (χ1) is 13.6. The lowest BCUT2D eigenvalue weighted by atomic mass is 9.74. The quantitative estimate of drug-likeness (QED) is 0.816. The van der Waals surface area contributed by atoms with Crippen LogP contribution in [0.4, 0.5) is 0 Å². The molecule has 0 unspecified atom stereocenters. The minimum Gasteiger partial charge on any atom is -0.481 e. The van der Waals surface area contributed by atoms with Crippen LogP contribution in [0, 0.1) is 11.8 Å². The molecule has 28 heavy (non-hydrogen) atoms. The summed E-state index contributed by atoms with van der Waals surface area (Å²) in [4.78, 5) is 27.2. The molecule has 5 atom stereocenters. The van der Waals surface area contributed by atoms with Crippen molar-refractivity contribution in [3.05, 3.63) is 83.9 Å². The molecule has 2 saturated heterocycles. The van der Waals surface area contributed by atoms with Crippen LogP contribution in [0.2, 0.25) is 0 Å². The van der Waals surface area contributed by atoms with E-state index >= 15 is 0 Å². The van der Waals surface area contributed by atoms with E-state index in [-0.39, 0.29) is 11.9 Å². The van der Waals surface area contributed by atoms with Crippen molar-refractivity contribution in [2.45, 2.75) is 30.7 Å². The first-order valence-corrected chi connectivity index (χ1v) is 9.58. The Morgan fingerprint density at radius 2 is 1.68 bits per heavy atom. The first kappa shape index (κ1) is 17.2. The summed E-state index contributed by atoms with van der Waals surface area (Å²) < 4.78 is 6.23. The molecule has 2 fully saturated rings. The summed E-state index contributed by atoms with van der Waals surface area (Å²) in [5.74, 6) is -2.58. The Hall–Kier alpha value is -2.92. The van der Waals surface area contributed by atoms with E-state index in [1.165, 1.54) is 0 Å². The maximum atomic E-state index is 13.4. The highest BCUT2D eigenvalue weighted by Gasteiger charge is 2.70. The predicted molar refractivity (Wildman–Crippen MR) is 102 cm³/mol. The lowest BCUT2D eigenvalue weighted by Crippen LogP contribution is -2.46. The van der Waals surface area contributed by atoms with E-state index in [1.807, 2.05) is 77.7 Å². The second-order valence-corrected chi connectivity index (χ2v) is 7.79. The summed E-state index contributed by atoms with van der Waals surface area (Å²) >= 11 is 0.